The second kappa shape index (κ2) is 18.0. The summed E-state index contributed by atoms with van der Waals surface area (Å²) in [7, 11) is 1.29. The van der Waals surface area contributed by atoms with Gasteiger partial charge in [-0.1, -0.05) is 6.92 Å². The Morgan fingerprint density at radius 3 is 2.40 bits per heavy atom. The first-order valence-electron chi connectivity index (χ1n) is 19.7. The number of hydrogen-bond donors (Lipinski definition) is 6. The Kier molecular flexibility index (Phi) is 13.0. The molecule has 1 aromatic heterocycles. The standard InChI is InChI=1S/C40H49F2N9O9/c1-19-11-31-39(58)60-22(4)32(38(57)50-10-6-7-30(50)37(56)49(5)33(21(3)52)35(54)45-20(2)36(55)51(31)17-19)48-34(53)29(14-23-12-24(41)15-25(42)13-23)47-40(59)46-26-8-9-27-28(16-26)44-18-43-27/h8-9,12-13,15-16,18-22,29-33,52H,6-7,10-11,14,17H2,1-5H3,(H,43,44)(H,45,54)(H,48,53)(H2,46,47,59)/t19-,20-,21-,22-,29-,30-,31-,32-,33-/m0/s1. The highest BCUT2D eigenvalue weighted by Crippen LogP contribution is 2.27. The van der Waals surface area contributed by atoms with Crippen molar-refractivity contribution < 1.29 is 52.2 Å². The Morgan fingerprint density at radius 2 is 1.70 bits per heavy atom. The van der Waals surface area contributed by atoms with Crippen molar-refractivity contribution in [2.75, 3.05) is 25.5 Å². The van der Waals surface area contributed by atoms with Crippen molar-refractivity contribution in [3.8, 4) is 0 Å². The van der Waals surface area contributed by atoms with E-state index in [0.717, 1.165) is 17.0 Å². The van der Waals surface area contributed by atoms with Crippen molar-refractivity contribution in [1.29, 1.82) is 0 Å². The Hall–Kier alpha value is -6.18. The number of carbonyl (C=O) groups excluding carboxylic acids is 7. The lowest BCUT2D eigenvalue weighted by molar-refractivity contribution is -0.163. The molecule has 0 aliphatic carbocycles. The number of hydrogen-bond acceptors (Lipinski definition) is 10. The van der Waals surface area contributed by atoms with Gasteiger partial charge in [-0.25, -0.2) is 23.4 Å². The van der Waals surface area contributed by atoms with Crippen molar-refractivity contribution in [3.63, 3.8) is 0 Å². The summed E-state index contributed by atoms with van der Waals surface area (Å²) < 4.78 is 34.6. The van der Waals surface area contributed by atoms with Crippen molar-refractivity contribution in [3.05, 3.63) is 59.9 Å². The van der Waals surface area contributed by atoms with E-state index in [-0.39, 0.29) is 37.4 Å². The van der Waals surface area contributed by atoms with E-state index >= 15 is 0 Å². The van der Waals surface area contributed by atoms with Gasteiger partial charge in [0.2, 0.25) is 29.5 Å². The van der Waals surface area contributed by atoms with Crippen LogP contribution in [0.25, 0.3) is 11.0 Å². The zero-order chi connectivity index (χ0) is 43.6. The molecular formula is C40H49F2N9O9. The lowest BCUT2D eigenvalue weighted by Gasteiger charge is -2.37. The summed E-state index contributed by atoms with van der Waals surface area (Å²) in [5.74, 6) is -7.00. The molecule has 0 radical (unpaired) electrons. The molecule has 0 saturated carbocycles. The van der Waals surface area contributed by atoms with E-state index in [9.17, 15) is 47.4 Å². The van der Waals surface area contributed by atoms with E-state index in [1.165, 1.54) is 43.9 Å². The number of urea groups is 1. The van der Waals surface area contributed by atoms with Crippen LogP contribution in [0.2, 0.25) is 0 Å². The summed E-state index contributed by atoms with van der Waals surface area (Å²) in [6.07, 6.45) is -1.19. The number of H-pyrrole nitrogens is 1. The molecule has 2 aromatic carbocycles. The number of anilines is 1. The minimum Gasteiger partial charge on any atom is -0.458 e. The van der Waals surface area contributed by atoms with E-state index in [1.807, 2.05) is 6.92 Å². The fourth-order valence-corrected chi connectivity index (χ4v) is 8.15. The first-order chi connectivity index (χ1) is 28.4. The van der Waals surface area contributed by atoms with Gasteiger partial charge in [0, 0.05) is 38.3 Å². The second-order valence-electron chi connectivity index (χ2n) is 15.8. The van der Waals surface area contributed by atoms with Crippen LogP contribution in [0, 0.1) is 17.6 Å². The van der Waals surface area contributed by atoms with Gasteiger partial charge in [0.25, 0.3) is 0 Å². The third-order valence-corrected chi connectivity index (χ3v) is 11.1. The molecule has 20 heteroatoms. The smallest absolute Gasteiger partial charge is 0.329 e. The first kappa shape index (κ1) is 43.4. The zero-order valence-corrected chi connectivity index (χ0v) is 33.7. The number of esters is 1. The maximum atomic E-state index is 14.6. The number of cyclic esters (lactones) is 1. The predicted molar refractivity (Wildman–Crippen MR) is 209 cm³/mol. The summed E-state index contributed by atoms with van der Waals surface area (Å²) >= 11 is 0. The lowest BCUT2D eigenvalue weighted by atomic mass is 10.0. The molecule has 322 valence electrons. The van der Waals surface area contributed by atoms with Gasteiger partial charge >= 0.3 is 12.0 Å². The van der Waals surface area contributed by atoms with Gasteiger partial charge in [-0.15, -0.1) is 0 Å². The largest absolute Gasteiger partial charge is 0.458 e. The van der Waals surface area contributed by atoms with Crippen molar-refractivity contribution >= 4 is 58.3 Å². The average Bonchev–Trinajstić information content (AvgIpc) is 3.95. The van der Waals surface area contributed by atoms with Gasteiger partial charge < -0.3 is 50.8 Å². The van der Waals surface area contributed by atoms with Crippen LogP contribution < -0.4 is 21.3 Å². The lowest BCUT2D eigenvalue weighted by Crippen LogP contribution is -2.63. The van der Waals surface area contributed by atoms with Crippen LogP contribution >= 0.6 is 0 Å². The monoisotopic (exact) mass is 837 g/mol. The molecule has 9 atom stereocenters. The van der Waals surface area contributed by atoms with Crippen LogP contribution in [-0.4, -0.2) is 140 Å². The van der Waals surface area contributed by atoms with Crippen LogP contribution in [0.3, 0.4) is 0 Å². The maximum Gasteiger partial charge on any atom is 0.329 e. The van der Waals surface area contributed by atoms with Gasteiger partial charge in [-0.3, -0.25) is 24.0 Å². The third-order valence-electron chi connectivity index (χ3n) is 11.1. The van der Waals surface area contributed by atoms with Crippen molar-refractivity contribution in [1.82, 2.24) is 40.6 Å². The van der Waals surface area contributed by atoms with Gasteiger partial charge in [0.1, 0.15) is 54.0 Å². The van der Waals surface area contributed by atoms with Gasteiger partial charge in [-0.05, 0) is 81.8 Å². The Balaban J connectivity index is 1.34. The molecule has 3 aromatic rings. The number of aliphatic hydroxyl groups is 1. The number of aromatic amines is 1. The molecule has 4 heterocycles. The zero-order valence-electron chi connectivity index (χ0n) is 33.7. The van der Waals surface area contributed by atoms with Crippen LogP contribution in [0.15, 0.2) is 42.7 Å². The second-order valence-corrected chi connectivity index (χ2v) is 15.8. The maximum absolute atomic E-state index is 14.6. The van der Waals surface area contributed by atoms with Gasteiger partial charge in [0.15, 0.2) is 0 Å². The molecule has 60 heavy (non-hydrogen) atoms. The molecule has 6 rings (SSSR count). The van der Waals surface area contributed by atoms with E-state index in [0.29, 0.717) is 29.2 Å². The number of nitrogens with zero attached hydrogens (tertiary/aromatic N) is 4. The fraction of sp³-hybridized carbons (Fsp3) is 0.500. The number of halogens is 2. The predicted octanol–water partition coefficient (Wildman–Crippen LogP) is 0.945. The number of likely N-dealkylation sites (N-methyl/N-ethyl adjacent to an activating group) is 1. The Labute approximate surface area is 343 Å². The number of carbonyl (C=O) groups is 7. The quantitative estimate of drug-likeness (QED) is 0.184. The molecular weight excluding hydrogens is 788 g/mol. The van der Waals surface area contributed by atoms with E-state index in [1.54, 1.807) is 18.2 Å². The molecule has 3 fully saturated rings. The fourth-order valence-electron chi connectivity index (χ4n) is 8.15. The highest BCUT2D eigenvalue weighted by Gasteiger charge is 2.47. The molecule has 3 aliphatic rings. The minimum atomic E-state index is -1.70. The molecule has 3 saturated heterocycles. The number of aromatic nitrogens is 2. The normalized spacial score (nSPS) is 26.6. The number of fused-ring (bicyclic) bond motifs is 3. The highest BCUT2D eigenvalue weighted by molar-refractivity contribution is 5.99. The summed E-state index contributed by atoms with van der Waals surface area (Å²) in [6, 6.07) is -1.76. The van der Waals surface area contributed by atoms with Crippen LogP contribution in [0.1, 0.15) is 52.5 Å². The van der Waals surface area contributed by atoms with Crippen LogP contribution in [0.5, 0.6) is 0 Å². The van der Waals surface area contributed by atoms with Crippen LogP contribution in [0.4, 0.5) is 19.3 Å². The number of benzene rings is 2. The number of nitrogens with one attached hydrogen (secondary N) is 5. The molecule has 7 amide bonds. The summed E-state index contributed by atoms with van der Waals surface area (Å²) in [5.41, 5.74) is 1.50. The number of imidazole rings is 1. The SMILES string of the molecule is C[C@H]1C[C@H]2C(=O)O[C@@H](C)[C@H](NC(=O)[C@H](Cc3cc(F)cc(F)c3)NC(=O)Nc3ccc4[nH]cnc4c3)C(=O)N3CCC[C@H]3C(=O)N(C)[C@@H]([C@H](C)O)C(=O)N[C@@H](C)C(=O)N2C1. The van der Waals surface area contributed by atoms with E-state index in [2.05, 4.69) is 31.2 Å². The summed E-state index contributed by atoms with van der Waals surface area (Å²) in [5, 5.41) is 21.0. The number of rotatable bonds is 7. The van der Waals surface area contributed by atoms with E-state index < -0.39 is 108 Å². The summed E-state index contributed by atoms with van der Waals surface area (Å²) in [4.78, 5) is 108. The summed E-state index contributed by atoms with van der Waals surface area (Å²) in [6.45, 7) is 6.04. The number of ether oxygens (including phenoxy) is 1. The molecule has 18 nitrogen and oxygen atoms in total. The Bertz CT molecular complexity index is 2150. The van der Waals surface area contributed by atoms with Crippen molar-refractivity contribution in [2.45, 2.75) is 102 Å². The first-order valence-corrected chi connectivity index (χ1v) is 19.7. The Morgan fingerprint density at radius 1 is 0.983 bits per heavy atom. The third kappa shape index (κ3) is 9.48. The topological polar surface area (TPSA) is 235 Å². The highest BCUT2D eigenvalue weighted by atomic mass is 19.1. The molecule has 0 unspecified atom stereocenters. The van der Waals surface area contributed by atoms with Crippen LogP contribution in [-0.2, 0) is 39.9 Å². The number of aliphatic hydroxyl groups excluding tert-OH is 1. The van der Waals surface area contributed by atoms with Gasteiger partial charge in [0.05, 0.1) is 23.5 Å². The van der Waals surface area contributed by atoms with E-state index in [4.69, 9.17) is 4.74 Å². The number of amides is 7. The molecule has 0 spiro atoms. The molecule has 3 aliphatic heterocycles. The van der Waals surface area contributed by atoms with Gasteiger partial charge in [-0.2, -0.15) is 0 Å². The molecule has 6 N–H and O–H groups in total. The van der Waals surface area contributed by atoms with Crippen molar-refractivity contribution in [2.24, 2.45) is 5.92 Å². The minimum absolute atomic E-state index is 0.0195. The molecule has 0 bridgehead atoms. The average molecular weight is 838 g/mol.